The van der Waals surface area contributed by atoms with Crippen molar-refractivity contribution in [3.63, 3.8) is 0 Å². The topological polar surface area (TPSA) is 55.1 Å². The first kappa shape index (κ1) is 16.6. The molecule has 1 amide bonds. The summed E-state index contributed by atoms with van der Waals surface area (Å²) in [5.41, 5.74) is 2.37. The zero-order chi connectivity index (χ0) is 17.8. The zero-order valence-electron chi connectivity index (χ0n) is 14.6. The maximum absolute atomic E-state index is 12.1. The number of oxazole rings is 1. The Balaban J connectivity index is 1.21. The minimum Gasteiger partial charge on any atom is -0.441 e. The second kappa shape index (κ2) is 7.56. The molecule has 3 aromatic rings. The van der Waals surface area contributed by atoms with E-state index >= 15 is 0 Å². The van der Waals surface area contributed by atoms with Gasteiger partial charge in [-0.25, -0.2) is 4.98 Å². The highest BCUT2D eigenvalue weighted by Crippen LogP contribution is 2.46. The second-order valence-corrected chi connectivity index (χ2v) is 6.80. The van der Waals surface area contributed by atoms with Crippen molar-refractivity contribution in [3.05, 3.63) is 78.3 Å². The van der Waals surface area contributed by atoms with Crippen LogP contribution in [0.2, 0.25) is 0 Å². The first-order valence-electron chi connectivity index (χ1n) is 9.11. The Morgan fingerprint density at radius 3 is 2.58 bits per heavy atom. The van der Waals surface area contributed by atoms with Crippen molar-refractivity contribution in [3.8, 4) is 11.3 Å². The summed E-state index contributed by atoms with van der Waals surface area (Å²) in [7, 11) is 0. The van der Waals surface area contributed by atoms with Crippen LogP contribution in [0, 0.1) is 5.92 Å². The van der Waals surface area contributed by atoms with Gasteiger partial charge in [-0.05, 0) is 23.8 Å². The number of rotatable bonds is 7. The van der Waals surface area contributed by atoms with E-state index in [2.05, 4.69) is 34.6 Å². The van der Waals surface area contributed by atoms with E-state index in [1.54, 1.807) is 6.20 Å². The van der Waals surface area contributed by atoms with Gasteiger partial charge in [0, 0.05) is 24.9 Å². The number of carbonyl (C=O) groups excluding carboxylic acids is 1. The predicted molar refractivity (Wildman–Crippen MR) is 101 cm³/mol. The van der Waals surface area contributed by atoms with Crippen molar-refractivity contribution in [2.24, 2.45) is 5.92 Å². The number of aryl methyl sites for hydroxylation is 1. The summed E-state index contributed by atoms with van der Waals surface area (Å²) in [4.78, 5) is 16.4. The average molecular weight is 346 g/mol. The molecular formula is C22H22N2O2. The van der Waals surface area contributed by atoms with Gasteiger partial charge in [0.2, 0.25) is 5.91 Å². The molecule has 1 aliphatic rings. The van der Waals surface area contributed by atoms with Crippen molar-refractivity contribution < 1.29 is 9.21 Å². The van der Waals surface area contributed by atoms with Crippen LogP contribution in [0.3, 0.4) is 0 Å². The van der Waals surface area contributed by atoms with Crippen molar-refractivity contribution in [2.75, 3.05) is 6.54 Å². The lowest BCUT2D eigenvalue weighted by molar-refractivity contribution is -0.121. The molecule has 2 aromatic carbocycles. The average Bonchev–Trinajstić information content (AvgIpc) is 3.33. The minimum atomic E-state index is 0.0585. The van der Waals surface area contributed by atoms with E-state index in [9.17, 15) is 4.79 Å². The highest BCUT2D eigenvalue weighted by atomic mass is 16.4. The van der Waals surface area contributed by atoms with Crippen LogP contribution in [0.1, 0.15) is 30.2 Å². The van der Waals surface area contributed by atoms with Gasteiger partial charge in [0.05, 0.1) is 6.20 Å². The molecule has 0 spiro atoms. The molecule has 26 heavy (non-hydrogen) atoms. The molecule has 4 heteroatoms. The molecule has 2 atom stereocenters. The fourth-order valence-corrected chi connectivity index (χ4v) is 3.30. The molecule has 2 unspecified atom stereocenters. The number of amides is 1. The van der Waals surface area contributed by atoms with Crippen molar-refractivity contribution in [2.45, 2.75) is 25.2 Å². The lowest BCUT2D eigenvalue weighted by Crippen LogP contribution is -2.26. The smallest absolute Gasteiger partial charge is 0.220 e. The van der Waals surface area contributed by atoms with Crippen LogP contribution in [0.25, 0.3) is 11.3 Å². The van der Waals surface area contributed by atoms with Crippen LogP contribution in [-0.4, -0.2) is 17.4 Å². The fraction of sp³-hybridized carbons (Fsp3) is 0.273. The molecule has 1 fully saturated rings. The highest BCUT2D eigenvalue weighted by Gasteiger charge is 2.37. The Morgan fingerprint density at radius 1 is 1.08 bits per heavy atom. The van der Waals surface area contributed by atoms with Crippen molar-refractivity contribution >= 4 is 5.91 Å². The molecule has 0 radical (unpaired) electrons. The first-order valence-corrected chi connectivity index (χ1v) is 9.11. The van der Waals surface area contributed by atoms with E-state index in [0.717, 1.165) is 24.3 Å². The molecule has 0 bridgehead atoms. The molecule has 4 rings (SSSR count). The van der Waals surface area contributed by atoms with Gasteiger partial charge in [0.25, 0.3) is 0 Å². The molecule has 1 aliphatic carbocycles. The quantitative estimate of drug-likeness (QED) is 0.698. The lowest BCUT2D eigenvalue weighted by Gasteiger charge is -2.04. The summed E-state index contributed by atoms with van der Waals surface area (Å²) < 4.78 is 5.74. The minimum absolute atomic E-state index is 0.0585. The largest absolute Gasteiger partial charge is 0.441 e. The molecule has 1 N–H and O–H groups in total. The van der Waals surface area contributed by atoms with E-state index in [1.807, 2.05) is 36.4 Å². The molecular weight excluding hydrogens is 324 g/mol. The Hall–Kier alpha value is -2.88. The predicted octanol–water partition coefficient (Wildman–Crippen LogP) is 4.19. The van der Waals surface area contributed by atoms with E-state index in [0.29, 0.717) is 30.6 Å². The summed E-state index contributed by atoms with van der Waals surface area (Å²) in [6, 6.07) is 20.4. The summed E-state index contributed by atoms with van der Waals surface area (Å²) in [5, 5.41) is 3.04. The van der Waals surface area contributed by atoms with Crippen LogP contribution in [0.5, 0.6) is 0 Å². The Kier molecular flexibility index (Phi) is 4.82. The lowest BCUT2D eigenvalue weighted by atomic mass is 10.1. The van der Waals surface area contributed by atoms with Gasteiger partial charge in [-0.1, -0.05) is 60.7 Å². The van der Waals surface area contributed by atoms with E-state index in [4.69, 9.17) is 4.42 Å². The number of hydrogen-bond acceptors (Lipinski definition) is 3. The third-order valence-electron chi connectivity index (χ3n) is 4.89. The van der Waals surface area contributed by atoms with Gasteiger partial charge >= 0.3 is 0 Å². The molecule has 132 valence electrons. The van der Waals surface area contributed by atoms with Crippen LogP contribution in [-0.2, 0) is 11.2 Å². The van der Waals surface area contributed by atoms with E-state index in [1.165, 1.54) is 5.56 Å². The Morgan fingerprint density at radius 2 is 1.81 bits per heavy atom. The SMILES string of the molecule is O=C(CCc1ncc(-c2ccccc2)o1)NCC1CC1c1ccccc1. The maximum atomic E-state index is 12.1. The van der Waals surface area contributed by atoms with Crippen LogP contribution < -0.4 is 5.32 Å². The van der Waals surface area contributed by atoms with E-state index < -0.39 is 0 Å². The fourth-order valence-electron chi connectivity index (χ4n) is 3.30. The molecule has 1 aromatic heterocycles. The number of hydrogen-bond donors (Lipinski definition) is 1. The maximum Gasteiger partial charge on any atom is 0.220 e. The summed E-state index contributed by atoms with van der Waals surface area (Å²) in [6.45, 7) is 0.749. The van der Waals surface area contributed by atoms with Gasteiger partial charge < -0.3 is 9.73 Å². The highest BCUT2D eigenvalue weighted by molar-refractivity contribution is 5.76. The van der Waals surface area contributed by atoms with Crippen molar-refractivity contribution in [1.29, 1.82) is 0 Å². The Labute approximate surface area is 153 Å². The number of nitrogens with zero attached hydrogens (tertiary/aromatic N) is 1. The molecule has 4 nitrogen and oxygen atoms in total. The summed E-state index contributed by atoms with van der Waals surface area (Å²) in [6.07, 6.45) is 3.80. The van der Waals surface area contributed by atoms with Gasteiger partial charge in [0.1, 0.15) is 0 Å². The standard InChI is InChI=1S/C22H22N2O2/c25-21(23-14-18-13-19(18)16-7-3-1-4-8-16)11-12-22-24-15-20(26-22)17-9-5-2-6-10-17/h1-10,15,18-19H,11-14H2,(H,23,25). The number of aromatic nitrogens is 1. The van der Waals surface area contributed by atoms with E-state index in [-0.39, 0.29) is 5.91 Å². The monoisotopic (exact) mass is 346 g/mol. The number of nitrogens with one attached hydrogen (secondary N) is 1. The summed E-state index contributed by atoms with van der Waals surface area (Å²) >= 11 is 0. The molecule has 0 saturated heterocycles. The van der Waals surface area contributed by atoms with Gasteiger partial charge in [-0.3, -0.25) is 4.79 Å². The van der Waals surface area contributed by atoms with Crippen LogP contribution >= 0.6 is 0 Å². The number of benzene rings is 2. The third kappa shape index (κ3) is 4.02. The first-order chi connectivity index (χ1) is 12.8. The van der Waals surface area contributed by atoms with Gasteiger partial charge in [-0.2, -0.15) is 0 Å². The van der Waals surface area contributed by atoms with Crippen molar-refractivity contribution in [1.82, 2.24) is 10.3 Å². The molecule has 0 aliphatic heterocycles. The second-order valence-electron chi connectivity index (χ2n) is 6.80. The van der Waals surface area contributed by atoms with Crippen LogP contribution in [0.15, 0.2) is 71.3 Å². The normalized spacial score (nSPS) is 18.5. The third-order valence-corrected chi connectivity index (χ3v) is 4.89. The van der Waals surface area contributed by atoms with Gasteiger partial charge in [-0.15, -0.1) is 0 Å². The van der Waals surface area contributed by atoms with Crippen LogP contribution in [0.4, 0.5) is 0 Å². The Bertz CT molecular complexity index is 858. The summed E-state index contributed by atoms with van der Waals surface area (Å²) in [5.74, 6) is 2.56. The molecule has 1 saturated carbocycles. The molecule has 1 heterocycles. The zero-order valence-corrected chi connectivity index (χ0v) is 14.6. The number of carbonyl (C=O) groups is 1. The van der Waals surface area contributed by atoms with Gasteiger partial charge in [0.15, 0.2) is 11.7 Å².